The van der Waals surface area contributed by atoms with Crippen LogP contribution in [-0.4, -0.2) is 36.4 Å². The fraction of sp³-hybridized carbons (Fsp3) is 0.750. The number of aliphatic hydroxyl groups excluding tert-OH is 1. The van der Waals surface area contributed by atoms with Gasteiger partial charge in [-0.2, -0.15) is 0 Å². The molecule has 1 N–H and O–H groups in total. The second-order valence-electron chi connectivity index (χ2n) is 5.67. The molecule has 5 heteroatoms. The maximum atomic E-state index is 11.6. The van der Waals surface area contributed by atoms with E-state index in [2.05, 4.69) is 11.3 Å². The van der Waals surface area contributed by atoms with Crippen LogP contribution >= 0.6 is 0 Å². The molecule has 0 radical (unpaired) electrons. The highest BCUT2D eigenvalue weighted by Gasteiger charge is 2.43. The maximum absolute atomic E-state index is 11.6. The molecule has 1 heterocycles. The van der Waals surface area contributed by atoms with Crippen LogP contribution in [0.15, 0.2) is 12.2 Å². The number of ether oxygens (including phenoxy) is 2. The van der Waals surface area contributed by atoms with Crippen molar-refractivity contribution in [3.8, 4) is 0 Å². The fourth-order valence-electron chi connectivity index (χ4n) is 2.60. The molecule has 0 spiro atoms. The van der Waals surface area contributed by atoms with Crippen molar-refractivity contribution in [3.63, 3.8) is 0 Å². The molecule has 0 aromatic carbocycles. The normalized spacial score (nSPS) is 23.0. The van der Waals surface area contributed by atoms with Crippen molar-refractivity contribution in [1.82, 2.24) is 0 Å². The second-order valence-corrected chi connectivity index (χ2v) is 5.67. The number of unbranched alkanes of at least 4 members (excludes halogenated alkanes) is 4. The van der Waals surface area contributed by atoms with Gasteiger partial charge in [-0.25, -0.2) is 9.59 Å². The van der Waals surface area contributed by atoms with E-state index in [0.717, 1.165) is 38.5 Å². The van der Waals surface area contributed by atoms with E-state index in [9.17, 15) is 9.59 Å². The number of hydrogen-bond donors (Lipinski definition) is 1. The Morgan fingerprint density at radius 2 is 1.95 bits per heavy atom. The summed E-state index contributed by atoms with van der Waals surface area (Å²) in [4.78, 5) is 23.1. The molecule has 0 aliphatic carbocycles. The smallest absolute Gasteiger partial charge is 0.347 e. The molecule has 1 aliphatic heterocycles. The van der Waals surface area contributed by atoms with Crippen LogP contribution in [0.2, 0.25) is 0 Å². The molecule has 0 bridgehead atoms. The van der Waals surface area contributed by atoms with Crippen LogP contribution in [0.1, 0.15) is 51.9 Å². The van der Waals surface area contributed by atoms with Gasteiger partial charge in [0, 0.05) is 11.5 Å². The van der Waals surface area contributed by atoms with E-state index in [0.29, 0.717) is 12.0 Å². The van der Waals surface area contributed by atoms with E-state index in [4.69, 9.17) is 9.84 Å². The number of carbonyl (C=O) groups excluding carboxylic acids is 2. The molecule has 1 rings (SSSR count). The van der Waals surface area contributed by atoms with Crippen molar-refractivity contribution in [1.29, 1.82) is 0 Å². The standard InChI is InChI=1S/C16H26O5/c1-11(17)9-7-5-4-6-8-10-13-12(2)15(18)21-14(13)16(19)20-3/h11,13-14,17H,2,4-10H2,1,3H3. The van der Waals surface area contributed by atoms with Crippen molar-refractivity contribution in [2.24, 2.45) is 5.92 Å². The molecule has 1 saturated heterocycles. The van der Waals surface area contributed by atoms with Gasteiger partial charge >= 0.3 is 11.9 Å². The van der Waals surface area contributed by atoms with Crippen LogP contribution in [0.3, 0.4) is 0 Å². The average molecular weight is 298 g/mol. The molecule has 120 valence electrons. The van der Waals surface area contributed by atoms with Crippen molar-refractivity contribution in [2.45, 2.75) is 64.1 Å². The average Bonchev–Trinajstić information content (AvgIpc) is 2.73. The molecule has 0 amide bonds. The van der Waals surface area contributed by atoms with Crippen molar-refractivity contribution < 1.29 is 24.2 Å². The molecule has 0 saturated carbocycles. The first-order chi connectivity index (χ1) is 9.97. The van der Waals surface area contributed by atoms with Crippen LogP contribution in [0.5, 0.6) is 0 Å². The summed E-state index contributed by atoms with van der Waals surface area (Å²) >= 11 is 0. The zero-order chi connectivity index (χ0) is 15.8. The Labute approximate surface area is 126 Å². The third-order valence-electron chi connectivity index (χ3n) is 3.88. The molecule has 3 unspecified atom stereocenters. The molecule has 0 aromatic rings. The zero-order valence-corrected chi connectivity index (χ0v) is 13.0. The van der Waals surface area contributed by atoms with Gasteiger partial charge in [0.15, 0.2) is 0 Å². The zero-order valence-electron chi connectivity index (χ0n) is 13.0. The summed E-state index contributed by atoms with van der Waals surface area (Å²) in [6.45, 7) is 5.52. The molecule has 1 fully saturated rings. The van der Waals surface area contributed by atoms with Crippen molar-refractivity contribution in [2.75, 3.05) is 7.11 Å². The Kier molecular flexibility index (Phi) is 7.43. The second kappa shape index (κ2) is 8.82. The quantitative estimate of drug-likeness (QED) is 0.402. The fourth-order valence-corrected chi connectivity index (χ4v) is 2.60. The SMILES string of the molecule is C=C1C(=O)OC(C(=O)OC)C1CCCCCCCC(C)O. The monoisotopic (exact) mass is 298 g/mol. The molecule has 3 atom stereocenters. The number of aliphatic hydroxyl groups is 1. The maximum Gasteiger partial charge on any atom is 0.347 e. The van der Waals surface area contributed by atoms with Gasteiger partial charge in [0.05, 0.1) is 13.2 Å². The van der Waals surface area contributed by atoms with E-state index >= 15 is 0 Å². The lowest BCUT2D eigenvalue weighted by atomic mass is 9.91. The van der Waals surface area contributed by atoms with Gasteiger partial charge in [-0.05, 0) is 19.8 Å². The lowest BCUT2D eigenvalue weighted by Crippen LogP contribution is -2.28. The Bertz CT molecular complexity index is 375. The summed E-state index contributed by atoms with van der Waals surface area (Å²) in [5, 5.41) is 9.16. The summed E-state index contributed by atoms with van der Waals surface area (Å²) in [6, 6.07) is 0. The third kappa shape index (κ3) is 5.50. The van der Waals surface area contributed by atoms with Gasteiger partial charge in [0.2, 0.25) is 6.10 Å². The van der Waals surface area contributed by atoms with Crippen molar-refractivity contribution >= 4 is 11.9 Å². The number of rotatable bonds is 9. The Balaban J connectivity index is 2.27. The van der Waals surface area contributed by atoms with Crippen LogP contribution in [-0.2, 0) is 19.1 Å². The number of methoxy groups -OCH3 is 1. The highest BCUT2D eigenvalue weighted by atomic mass is 16.6. The predicted molar refractivity (Wildman–Crippen MR) is 78.5 cm³/mol. The van der Waals surface area contributed by atoms with E-state index < -0.39 is 18.0 Å². The van der Waals surface area contributed by atoms with Gasteiger partial charge < -0.3 is 14.6 Å². The molecular weight excluding hydrogens is 272 g/mol. The van der Waals surface area contributed by atoms with E-state index in [-0.39, 0.29) is 12.0 Å². The molecule has 5 nitrogen and oxygen atoms in total. The summed E-state index contributed by atoms with van der Waals surface area (Å²) in [6.07, 6.45) is 5.65. The number of esters is 2. The summed E-state index contributed by atoms with van der Waals surface area (Å²) in [7, 11) is 1.29. The van der Waals surface area contributed by atoms with E-state index in [1.165, 1.54) is 7.11 Å². The number of cyclic esters (lactones) is 1. The number of hydrogen-bond acceptors (Lipinski definition) is 5. The molecular formula is C16H26O5. The number of carbonyl (C=O) groups is 2. The summed E-state index contributed by atoms with van der Waals surface area (Å²) in [5.74, 6) is -1.27. The summed E-state index contributed by atoms with van der Waals surface area (Å²) < 4.78 is 9.68. The Morgan fingerprint density at radius 1 is 1.33 bits per heavy atom. The lowest BCUT2D eigenvalue weighted by molar-refractivity contribution is -0.160. The first-order valence-corrected chi connectivity index (χ1v) is 7.63. The molecule has 0 aromatic heterocycles. The largest absolute Gasteiger partial charge is 0.466 e. The van der Waals surface area contributed by atoms with Gasteiger partial charge in [0.1, 0.15) is 0 Å². The Morgan fingerprint density at radius 3 is 2.57 bits per heavy atom. The topological polar surface area (TPSA) is 72.8 Å². The van der Waals surface area contributed by atoms with Gasteiger partial charge in [-0.1, -0.05) is 38.7 Å². The van der Waals surface area contributed by atoms with Crippen LogP contribution in [0.4, 0.5) is 0 Å². The van der Waals surface area contributed by atoms with Crippen molar-refractivity contribution in [3.05, 3.63) is 12.2 Å². The lowest BCUT2D eigenvalue weighted by Gasteiger charge is -2.15. The van der Waals surface area contributed by atoms with Gasteiger partial charge in [0.25, 0.3) is 0 Å². The van der Waals surface area contributed by atoms with Crippen LogP contribution < -0.4 is 0 Å². The minimum absolute atomic E-state index is 0.226. The summed E-state index contributed by atoms with van der Waals surface area (Å²) in [5.41, 5.74) is 0.375. The van der Waals surface area contributed by atoms with E-state index in [1.54, 1.807) is 6.92 Å². The third-order valence-corrected chi connectivity index (χ3v) is 3.88. The first kappa shape index (κ1) is 17.7. The highest BCUT2D eigenvalue weighted by Crippen LogP contribution is 2.32. The van der Waals surface area contributed by atoms with E-state index in [1.807, 2.05) is 0 Å². The van der Waals surface area contributed by atoms with Gasteiger partial charge in [-0.3, -0.25) is 0 Å². The van der Waals surface area contributed by atoms with Gasteiger partial charge in [-0.15, -0.1) is 0 Å². The minimum Gasteiger partial charge on any atom is -0.466 e. The molecule has 1 aliphatic rings. The highest BCUT2D eigenvalue weighted by molar-refractivity contribution is 5.95. The molecule has 21 heavy (non-hydrogen) atoms. The Hall–Kier alpha value is -1.36. The van der Waals surface area contributed by atoms with Crippen LogP contribution in [0, 0.1) is 5.92 Å². The minimum atomic E-state index is -0.828. The van der Waals surface area contributed by atoms with Crippen LogP contribution in [0.25, 0.3) is 0 Å². The first-order valence-electron chi connectivity index (χ1n) is 7.63. The predicted octanol–water partition coefficient (Wildman–Crippen LogP) is 2.37.